The zero-order valence-corrected chi connectivity index (χ0v) is 10.7. The Labute approximate surface area is 107 Å². The van der Waals surface area contributed by atoms with E-state index < -0.39 is 0 Å². The van der Waals surface area contributed by atoms with Crippen molar-refractivity contribution < 1.29 is 4.74 Å². The third kappa shape index (κ3) is 2.74. The highest BCUT2D eigenvalue weighted by atomic mass is 16.5. The first-order valence-electron chi connectivity index (χ1n) is 5.85. The van der Waals surface area contributed by atoms with Gasteiger partial charge in [0.15, 0.2) is 0 Å². The number of rotatable bonds is 5. The number of nitrogen functional groups attached to an aromatic ring is 1. The summed E-state index contributed by atoms with van der Waals surface area (Å²) in [6.45, 7) is 0.802. The van der Waals surface area contributed by atoms with Crippen molar-refractivity contribution in [2.75, 3.05) is 24.7 Å². The van der Waals surface area contributed by atoms with E-state index in [9.17, 15) is 0 Å². The van der Waals surface area contributed by atoms with Gasteiger partial charge in [0.2, 0.25) is 0 Å². The lowest BCUT2D eigenvalue weighted by atomic mass is 10.2. The maximum Gasteiger partial charge on any atom is 0.121 e. The van der Waals surface area contributed by atoms with Gasteiger partial charge in [0.05, 0.1) is 18.5 Å². The Balaban J connectivity index is 1.96. The molecule has 96 valence electrons. The molecule has 2 rings (SSSR count). The van der Waals surface area contributed by atoms with Crippen LogP contribution in [-0.4, -0.2) is 23.4 Å². The zero-order valence-electron chi connectivity index (χ0n) is 10.7. The van der Waals surface area contributed by atoms with E-state index >= 15 is 0 Å². The molecule has 0 amide bonds. The van der Waals surface area contributed by atoms with E-state index in [0.29, 0.717) is 0 Å². The highest BCUT2D eigenvalue weighted by Crippen LogP contribution is 2.24. The maximum atomic E-state index is 5.90. The van der Waals surface area contributed by atoms with Crippen LogP contribution in [0.2, 0.25) is 0 Å². The van der Waals surface area contributed by atoms with E-state index in [0.717, 1.165) is 30.1 Å². The van der Waals surface area contributed by atoms with E-state index in [-0.39, 0.29) is 0 Å². The largest absolute Gasteiger partial charge is 0.497 e. The molecule has 2 aromatic rings. The molecule has 5 heteroatoms. The molecule has 1 heterocycles. The predicted molar refractivity (Wildman–Crippen MR) is 72.8 cm³/mol. The minimum Gasteiger partial charge on any atom is -0.497 e. The zero-order chi connectivity index (χ0) is 13.0. The molecule has 0 unspecified atom stereocenters. The minimum absolute atomic E-state index is 0.723. The summed E-state index contributed by atoms with van der Waals surface area (Å²) in [6.07, 6.45) is 2.70. The molecular formula is C13H18N4O. The minimum atomic E-state index is 0.723. The van der Waals surface area contributed by atoms with Gasteiger partial charge in [0, 0.05) is 38.0 Å². The van der Waals surface area contributed by atoms with Gasteiger partial charge in [-0.1, -0.05) is 0 Å². The van der Waals surface area contributed by atoms with Crippen molar-refractivity contribution in [3.63, 3.8) is 0 Å². The number of anilines is 2. The van der Waals surface area contributed by atoms with Crippen LogP contribution in [0.25, 0.3) is 0 Å². The first-order valence-corrected chi connectivity index (χ1v) is 5.85. The van der Waals surface area contributed by atoms with Crippen molar-refractivity contribution in [3.8, 4) is 5.75 Å². The van der Waals surface area contributed by atoms with Crippen LogP contribution < -0.4 is 15.8 Å². The van der Waals surface area contributed by atoms with Crippen molar-refractivity contribution in [1.82, 2.24) is 9.78 Å². The van der Waals surface area contributed by atoms with Crippen LogP contribution in [0.4, 0.5) is 11.4 Å². The number of nitrogens with two attached hydrogens (primary N) is 1. The summed E-state index contributed by atoms with van der Waals surface area (Å²) in [5, 5.41) is 7.44. The molecule has 1 aromatic heterocycles. The first-order chi connectivity index (χ1) is 8.70. The van der Waals surface area contributed by atoms with Gasteiger partial charge in [0.1, 0.15) is 5.75 Å². The summed E-state index contributed by atoms with van der Waals surface area (Å²) in [4.78, 5) is 0. The summed E-state index contributed by atoms with van der Waals surface area (Å²) in [7, 11) is 3.58. The molecule has 3 N–H and O–H groups in total. The number of ether oxygens (including phenoxy) is 1. The molecule has 0 fully saturated rings. The van der Waals surface area contributed by atoms with Crippen molar-refractivity contribution in [1.29, 1.82) is 0 Å². The molecule has 0 aliphatic heterocycles. The molecule has 1 aromatic carbocycles. The lowest BCUT2D eigenvalue weighted by molar-refractivity contribution is 0.415. The number of aryl methyl sites for hydroxylation is 1. The number of hydrogen-bond donors (Lipinski definition) is 2. The molecule has 0 radical (unpaired) electrons. The van der Waals surface area contributed by atoms with Gasteiger partial charge < -0.3 is 15.8 Å². The smallest absolute Gasteiger partial charge is 0.121 e. The van der Waals surface area contributed by atoms with E-state index in [1.807, 2.05) is 36.0 Å². The van der Waals surface area contributed by atoms with Crippen LogP contribution in [0.15, 0.2) is 30.5 Å². The monoisotopic (exact) mass is 246 g/mol. The Hall–Kier alpha value is -2.17. The van der Waals surface area contributed by atoms with Crippen molar-refractivity contribution in [2.45, 2.75) is 6.42 Å². The Morgan fingerprint density at radius 2 is 2.22 bits per heavy atom. The topological polar surface area (TPSA) is 65.1 Å². The van der Waals surface area contributed by atoms with Crippen molar-refractivity contribution >= 4 is 11.4 Å². The standard InChI is InChI=1S/C13H18N4O/c1-17-10(6-8-16-17)5-7-15-13-9-11(18-2)3-4-12(13)14/h3-4,6,8-9,15H,5,7,14H2,1-2H3. The van der Waals surface area contributed by atoms with Gasteiger partial charge in [-0.05, 0) is 18.2 Å². The molecule has 0 spiro atoms. The van der Waals surface area contributed by atoms with Gasteiger partial charge in [-0.2, -0.15) is 5.10 Å². The first kappa shape index (κ1) is 12.3. The van der Waals surface area contributed by atoms with Gasteiger partial charge in [-0.25, -0.2) is 0 Å². The van der Waals surface area contributed by atoms with Gasteiger partial charge in [0.25, 0.3) is 0 Å². The normalized spacial score (nSPS) is 10.3. The highest BCUT2D eigenvalue weighted by molar-refractivity contribution is 5.68. The maximum absolute atomic E-state index is 5.90. The molecule has 0 bridgehead atoms. The molecule has 18 heavy (non-hydrogen) atoms. The van der Waals surface area contributed by atoms with E-state index in [1.165, 1.54) is 5.69 Å². The van der Waals surface area contributed by atoms with E-state index in [4.69, 9.17) is 10.5 Å². The Morgan fingerprint density at radius 1 is 1.39 bits per heavy atom. The highest BCUT2D eigenvalue weighted by Gasteiger charge is 2.02. The second kappa shape index (κ2) is 5.44. The molecule has 0 saturated heterocycles. The predicted octanol–water partition coefficient (Wildman–Crippen LogP) is 1.67. The van der Waals surface area contributed by atoms with Gasteiger partial charge in [-0.3, -0.25) is 4.68 Å². The average molecular weight is 246 g/mol. The van der Waals surface area contributed by atoms with Gasteiger partial charge in [-0.15, -0.1) is 0 Å². The van der Waals surface area contributed by atoms with Crippen LogP contribution in [0.1, 0.15) is 5.69 Å². The summed E-state index contributed by atoms with van der Waals surface area (Å²) >= 11 is 0. The number of nitrogens with one attached hydrogen (secondary N) is 1. The summed E-state index contributed by atoms with van der Waals surface area (Å²) in [5.41, 5.74) is 8.70. The third-order valence-corrected chi connectivity index (χ3v) is 2.88. The van der Waals surface area contributed by atoms with Crippen LogP contribution in [-0.2, 0) is 13.5 Å². The summed E-state index contributed by atoms with van der Waals surface area (Å²) in [5.74, 6) is 0.798. The van der Waals surface area contributed by atoms with E-state index in [1.54, 1.807) is 13.3 Å². The third-order valence-electron chi connectivity index (χ3n) is 2.88. The number of hydrogen-bond acceptors (Lipinski definition) is 4. The Kier molecular flexibility index (Phi) is 3.72. The lowest BCUT2D eigenvalue weighted by Crippen LogP contribution is -2.09. The Bertz CT molecular complexity index is 521. The van der Waals surface area contributed by atoms with E-state index in [2.05, 4.69) is 10.4 Å². The van der Waals surface area contributed by atoms with Crippen molar-refractivity contribution in [2.24, 2.45) is 7.05 Å². The number of aromatic nitrogens is 2. The Morgan fingerprint density at radius 3 is 2.89 bits per heavy atom. The summed E-state index contributed by atoms with van der Waals surface area (Å²) < 4.78 is 7.04. The molecule has 0 aliphatic rings. The molecule has 5 nitrogen and oxygen atoms in total. The second-order valence-corrected chi connectivity index (χ2v) is 4.08. The quantitative estimate of drug-likeness (QED) is 0.788. The van der Waals surface area contributed by atoms with Crippen LogP contribution in [0, 0.1) is 0 Å². The van der Waals surface area contributed by atoms with Crippen molar-refractivity contribution in [3.05, 3.63) is 36.2 Å². The number of methoxy groups -OCH3 is 1. The lowest BCUT2D eigenvalue weighted by Gasteiger charge is -2.11. The number of nitrogens with zero attached hydrogens (tertiary/aromatic N) is 2. The molecule has 0 saturated carbocycles. The second-order valence-electron chi connectivity index (χ2n) is 4.08. The van der Waals surface area contributed by atoms with Crippen LogP contribution >= 0.6 is 0 Å². The SMILES string of the molecule is COc1ccc(N)c(NCCc2ccnn2C)c1. The fourth-order valence-electron chi connectivity index (χ4n) is 1.79. The average Bonchev–Trinajstić information content (AvgIpc) is 2.77. The molecule has 0 atom stereocenters. The number of benzene rings is 1. The fraction of sp³-hybridized carbons (Fsp3) is 0.308. The fourth-order valence-corrected chi connectivity index (χ4v) is 1.79. The molecular weight excluding hydrogens is 228 g/mol. The van der Waals surface area contributed by atoms with Crippen LogP contribution in [0.3, 0.4) is 0 Å². The molecule has 0 aliphatic carbocycles. The summed E-state index contributed by atoms with van der Waals surface area (Å²) in [6, 6.07) is 7.60. The van der Waals surface area contributed by atoms with Crippen LogP contribution in [0.5, 0.6) is 5.75 Å². The van der Waals surface area contributed by atoms with Gasteiger partial charge >= 0.3 is 0 Å².